The molecule has 3 aromatic carbocycles. The Kier molecular flexibility index (Phi) is 9.12. The van der Waals surface area contributed by atoms with Gasteiger partial charge in [-0.25, -0.2) is 0 Å². The number of carbonyl (C=O) groups excluding carboxylic acids is 2. The summed E-state index contributed by atoms with van der Waals surface area (Å²) >= 11 is 14.2. The van der Waals surface area contributed by atoms with Gasteiger partial charge >= 0.3 is 0 Å². The maximum absolute atomic E-state index is 13.6. The van der Waals surface area contributed by atoms with Gasteiger partial charge in [-0.05, 0) is 34.9 Å². The number of nitrogens with one attached hydrogen (secondary N) is 1. The van der Waals surface area contributed by atoms with E-state index in [4.69, 9.17) is 27.9 Å². The molecule has 200 valence electrons. The highest BCUT2D eigenvalue weighted by molar-refractivity contribution is 8.01. The number of hydrogen-bond donors (Lipinski definition) is 1. The number of thioether (sulfide) groups is 1. The van der Waals surface area contributed by atoms with Gasteiger partial charge in [0.25, 0.3) is 0 Å². The van der Waals surface area contributed by atoms with E-state index in [1.807, 2.05) is 35.2 Å². The summed E-state index contributed by atoms with van der Waals surface area (Å²) in [6.07, 6.45) is 0.962. The van der Waals surface area contributed by atoms with Crippen LogP contribution in [0.5, 0.6) is 0 Å². The van der Waals surface area contributed by atoms with Crippen LogP contribution >= 0.6 is 35.0 Å². The predicted molar refractivity (Wildman–Crippen MR) is 155 cm³/mol. The molecule has 3 aromatic rings. The van der Waals surface area contributed by atoms with Crippen LogP contribution < -0.4 is 5.32 Å². The number of rotatable bonds is 9. The van der Waals surface area contributed by atoms with Gasteiger partial charge in [0.1, 0.15) is 5.37 Å². The third-order valence-corrected chi connectivity index (χ3v) is 9.09. The van der Waals surface area contributed by atoms with Crippen molar-refractivity contribution in [1.29, 1.82) is 0 Å². The van der Waals surface area contributed by atoms with E-state index in [0.29, 0.717) is 23.1 Å². The molecule has 2 aliphatic rings. The normalized spacial score (nSPS) is 20.3. The van der Waals surface area contributed by atoms with Crippen LogP contribution in [0.2, 0.25) is 10.0 Å². The van der Waals surface area contributed by atoms with Gasteiger partial charge in [-0.15, -0.1) is 11.8 Å². The molecule has 2 saturated heterocycles. The Hall–Kier alpha value is -2.29. The van der Waals surface area contributed by atoms with E-state index in [1.54, 1.807) is 12.1 Å². The lowest BCUT2D eigenvalue weighted by molar-refractivity contribution is -0.132. The number of carbonyl (C=O) groups is 2. The van der Waals surface area contributed by atoms with Crippen molar-refractivity contribution in [1.82, 2.24) is 15.1 Å². The number of ether oxygens (including phenoxy) is 1. The fraction of sp³-hybridized carbons (Fsp3) is 0.379. The molecule has 2 atom stereocenters. The number of hydrogen-bond acceptors (Lipinski definition) is 5. The molecule has 0 bridgehead atoms. The zero-order valence-corrected chi connectivity index (χ0v) is 23.4. The molecule has 0 radical (unpaired) electrons. The highest BCUT2D eigenvalue weighted by Gasteiger charge is 2.42. The summed E-state index contributed by atoms with van der Waals surface area (Å²) in [5, 5.41) is 5.63. The molecule has 0 aliphatic carbocycles. The minimum absolute atomic E-state index is 0.0201. The Morgan fingerprint density at radius 3 is 2.63 bits per heavy atom. The zero-order chi connectivity index (χ0) is 26.5. The molecule has 5 rings (SSSR count). The molecule has 2 aliphatic heterocycles. The first-order valence-electron chi connectivity index (χ1n) is 12.9. The van der Waals surface area contributed by atoms with Crippen LogP contribution in [0.1, 0.15) is 29.3 Å². The molecule has 6 nitrogen and oxygen atoms in total. The van der Waals surface area contributed by atoms with Crippen LogP contribution in [0.4, 0.5) is 0 Å². The second-order valence-corrected chi connectivity index (χ2v) is 11.7. The summed E-state index contributed by atoms with van der Waals surface area (Å²) in [6, 6.07) is 19.6. The van der Waals surface area contributed by atoms with Gasteiger partial charge in [0.05, 0.1) is 18.5 Å². The highest BCUT2D eigenvalue weighted by Crippen LogP contribution is 2.46. The number of halogens is 2. The lowest BCUT2D eigenvalue weighted by atomic mass is 10.0. The van der Waals surface area contributed by atoms with Crippen molar-refractivity contribution in [2.75, 3.05) is 39.4 Å². The first kappa shape index (κ1) is 27.3. The van der Waals surface area contributed by atoms with Gasteiger partial charge in [0.15, 0.2) is 0 Å². The quantitative estimate of drug-likeness (QED) is 0.366. The molecule has 2 heterocycles. The molecule has 0 spiro atoms. The van der Waals surface area contributed by atoms with Crippen LogP contribution in [0.25, 0.3) is 10.8 Å². The molecular formula is C29H31Cl2N3O3S. The van der Waals surface area contributed by atoms with Crippen LogP contribution in [-0.2, 0) is 20.9 Å². The topological polar surface area (TPSA) is 61.9 Å². The number of fused-ring (bicyclic) bond motifs is 1. The van der Waals surface area contributed by atoms with Gasteiger partial charge in [-0.2, -0.15) is 0 Å². The predicted octanol–water partition coefficient (Wildman–Crippen LogP) is 5.52. The Bertz CT molecular complexity index is 1300. The smallest absolute Gasteiger partial charge is 0.237 e. The summed E-state index contributed by atoms with van der Waals surface area (Å²) in [4.78, 5) is 30.8. The van der Waals surface area contributed by atoms with E-state index < -0.39 is 5.25 Å². The average Bonchev–Trinajstić information content (AvgIpc) is 3.22. The van der Waals surface area contributed by atoms with Crippen LogP contribution in [0, 0.1) is 0 Å². The molecule has 38 heavy (non-hydrogen) atoms. The summed E-state index contributed by atoms with van der Waals surface area (Å²) in [5.41, 5.74) is 1.90. The van der Waals surface area contributed by atoms with Crippen molar-refractivity contribution < 1.29 is 14.3 Å². The fourth-order valence-electron chi connectivity index (χ4n) is 5.06. The number of amides is 2. The lowest BCUT2D eigenvalue weighted by Crippen LogP contribution is -2.39. The van der Waals surface area contributed by atoms with E-state index >= 15 is 0 Å². The van der Waals surface area contributed by atoms with E-state index in [2.05, 4.69) is 28.4 Å². The van der Waals surface area contributed by atoms with Crippen molar-refractivity contribution in [3.63, 3.8) is 0 Å². The van der Waals surface area contributed by atoms with Gasteiger partial charge in [-0.3, -0.25) is 14.5 Å². The SMILES string of the molecule is O=C(C[C@H]1S[C@H](c2ccc(Cl)cc2Cl)N(CCCN2CCOCC2)C1=O)NCc1cccc2ccccc12. The second kappa shape index (κ2) is 12.7. The van der Waals surface area contributed by atoms with E-state index in [0.717, 1.165) is 61.2 Å². The Balaban J connectivity index is 1.25. The summed E-state index contributed by atoms with van der Waals surface area (Å²) in [6.45, 7) is 5.23. The van der Waals surface area contributed by atoms with Gasteiger partial charge in [-0.1, -0.05) is 71.7 Å². The summed E-state index contributed by atoms with van der Waals surface area (Å²) in [7, 11) is 0. The van der Waals surface area contributed by atoms with Crippen LogP contribution in [0.3, 0.4) is 0 Å². The maximum atomic E-state index is 13.6. The number of nitrogens with zero attached hydrogens (tertiary/aromatic N) is 2. The highest BCUT2D eigenvalue weighted by atomic mass is 35.5. The third kappa shape index (κ3) is 6.46. The number of morpholine rings is 1. The fourth-order valence-corrected chi connectivity index (χ4v) is 7.16. The molecule has 2 fully saturated rings. The van der Waals surface area contributed by atoms with E-state index in [9.17, 15) is 9.59 Å². The van der Waals surface area contributed by atoms with Gasteiger partial charge < -0.3 is 15.0 Å². The Morgan fingerprint density at radius 1 is 1.03 bits per heavy atom. The molecule has 0 saturated carbocycles. The average molecular weight is 573 g/mol. The lowest BCUT2D eigenvalue weighted by Gasteiger charge is -2.29. The molecular weight excluding hydrogens is 541 g/mol. The summed E-state index contributed by atoms with van der Waals surface area (Å²) < 4.78 is 5.44. The first-order chi connectivity index (χ1) is 18.5. The third-order valence-electron chi connectivity index (χ3n) is 7.07. The summed E-state index contributed by atoms with van der Waals surface area (Å²) in [5.74, 6) is -0.159. The van der Waals surface area contributed by atoms with E-state index in [-0.39, 0.29) is 23.6 Å². The first-order valence-corrected chi connectivity index (χ1v) is 14.6. The van der Waals surface area contributed by atoms with E-state index in [1.165, 1.54) is 11.8 Å². The van der Waals surface area contributed by atoms with Crippen molar-refractivity contribution >= 4 is 57.6 Å². The monoisotopic (exact) mass is 571 g/mol. The Labute approximate surface area is 237 Å². The molecule has 0 aromatic heterocycles. The van der Waals surface area contributed by atoms with Gasteiger partial charge in [0.2, 0.25) is 11.8 Å². The van der Waals surface area contributed by atoms with Gasteiger partial charge in [0, 0.05) is 54.8 Å². The second-order valence-electron chi connectivity index (χ2n) is 9.60. The zero-order valence-electron chi connectivity index (χ0n) is 21.1. The number of benzene rings is 3. The van der Waals surface area contributed by atoms with Crippen molar-refractivity contribution in [3.05, 3.63) is 81.8 Å². The van der Waals surface area contributed by atoms with Crippen molar-refractivity contribution in [3.8, 4) is 0 Å². The Morgan fingerprint density at radius 2 is 1.82 bits per heavy atom. The molecule has 2 amide bonds. The van der Waals surface area contributed by atoms with Crippen molar-refractivity contribution in [2.24, 2.45) is 0 Å². The maximum Gasteiger partial charge on any atom is 0.237 e. The minimum Gasteiger partial charge on any atom is -0.379 e. The standard InChI is InChI=1S/C29H31Cl2N3O3S/c30-22-9-10-24(25(31)17-22)29-34(12-4-11-33-13-15-37-16-14-33)28(36)26(38-29)18-27(35)32-19-21-7-3-6-20-5-1-2-8-23(20)21/h1-3,5-10,17,26,29H,4,11-16,18-19H2,(H,32,35)/t26-,29-/m1/s1. The largest absolute Gasteiger partial charge is 0.379 e. The van der Waals surface area contributed by atoms with Crippen LogP contribution in [-0.4, -0.2) is 66.3 Å². The molecule has 1 N–H and O–H groups in total. The van der Waals surface area contributed by atoms with Crippen LogP contribution in [0.15, 0.2) is 60.7 Å². The molecule has 0 unspecified atom stereocenters. The van der Waals surface area contributed by atoms with Crippen molar-refractivity contribution in [2.45, 2.75) is 30.0 Å². The minimum atomic E-state index is -0.470. The molecule has 9 heteroatoms.